The molecule has 1 rings (SSSR count). The first kappa shape index (κ1) is 9.10. The van der Waals surface area contributed by atoms with E-state index in [1.165, 1.54) is 11.4 Å². The fourth-order valence-corrected chi connectivity index (χ4v) is 1.20. The van der Waals surface area contributed by atoms with Crippen LogP contribution in [0.5, 0.6) is 0 Å². The summed E-state index contributed by atoms with van der Waals surface area (Å²) in [4.78, 5) is 0. The fourth-order valence-electron chi connectivity index (χ4n) is 1.20. The SMILES string of the molecule is CCCNc1cnn(CC)c1C. The molecule has 0 unspecified atom stereocenters. The molecule has 0 atom stereocenters. The molecule has 0 radical (unpaired) electrons. The predicted molar refractivity (Wildman–Crippen MR) is 51.4 cm³/mol. The van der Waals surface area contributed by atoms with Gasteiger partial charge in [0.05, 0.1) is 17.6 Å². The van der Waals surface area contributed by atoms with Crippen LogP contribution in [-0.2, 0) is 6.54 Å². The summed E-state index contributed by atoms with van der Waals surface area (Å²) in [6, 6.07) is 0. The van der Waals surface area contributed by atoms with Crippen molar-refractivity contribution < 1.29 is 0 Å². The number of aromatic nitrogens is 2. The second kappa shape index (κ2) is 4.14. The van der Waals surface area contributed by atoms with Gasteiger partial charge in [0.1, 0.15) is 0 Å². The standard InChI is InChI=1S/C9H17N3/c1-4-6-10-9-7-11-12(5-2)8(9)3/h7,10H,4-6H2,1-3H3. The largest absolute Gasteiger partial charge is 0.382 e. The lowest BCUT2D eigenvalue weighted by Gasteiger charge is -2.03. The van der Waals surface area contributed by atoms with Gasteiger partial charge in [0, 0.05) is 13.1 Å². The van der Waals surface area contributed by atoms with Gasteiger partial charge in [-0.15, -0.1) is 0 Å². The van der Waals surface area contributed by atoms with Crippen molar-refractivity contribution in [3.63, 3.8) is 0 Å². The molecule has 0 saturated carbocycles. The maximum atomic E-state index is 4.24. The lowest BCUT2D eigenvalue weighted by atomic mass is 10.3. The van der Waals surface area contributed by atoms with E-state index in [9.17, 15) is 0 Å². The van der Waals surface area contributed by atoms with Gasteiger partial charge in [0.25, 0.3) is 0 Å². The number of aryl methyl sites for hydroxylation is 1. The molecule has 0 aliphatic heterocycles. The number of hydrogen-bond donors (Lipinski definition) is 1. The molecule has 1 N–H and O–H groups in total. The zero-order valence-corrected chi connectivity index (χ0v) is 8.09. The highest BCUT2D eigenvalue weighted by atomic mass is 15.3. The molecule has 0 spiro atoms. The normalized spacial score (nSPS) is 10.2. The third kappa shape index (κ3) is 1.78. The number of nitrogens with zero attached hydrogens (tertiary/aromatic N) is 2. The van der Waals surface area contributed by atoms with Gasteiger partial charge in [0.2, 0.25) is 0 Å². The van der Waals surface area contributed by atoms with Gasteiger partial charge in [-0.1, -0.05) is 6.92 Å². The molecule has 12 heavy (non-hydrogen) atoms. The smallest absolute Gasteiger partial charge is 0.0756 e. The Bertz CT molecular complexity index is 240. The third-order valence-electron chi connectivity index (χ3n) is 1.97. The lowest BCUT2D eigenvalue weighted by molar-refractivity contribution is 0.640. The van der Waals surface area contributed by atoms with Crippen LogP contribution in [-0.4, -0.2) is 16.3 Å². The quantitative estimate of drug-likeness (QED) is 0.743. The van der Waals surface area contributed by atoms with Crippen LogP contribution in [0, 0.1) is 6.92 Å². The number of rotatable bonds is 4. The van der Waals surface area contributed by atoms with E-state index in [1.54, 1.807) is 0 Å². The molecular formula is C9H17N3. The maximum Gasteiger partial charge on any atom is 0.0756 e. The highest BCUT2D eigenvalue weighted by Gasteiger charge is 2.02. The first-order chi connectivity index (χ1) is 5.79. The molecule has 1 aromatic heterocycles. The minimum Gasteiger partial charge on any atom is -0.382 e. The van der Waals surface area contributed by atoms with E-state index in [4.69, 9.17) is 0 Å². The summed E-state index contributed by atoms with van der Waals surface area (Å²) in [6.45, 7) is 8.32. The molecule has 1 heterocycles. The van der Waals surface area contributed by atoms with Crippen molar-refractivity contribution in [3.05, 3.63) is 11.9 Å². The topological polar surface area (TPSA) is 29.9 Å². The molecule has 3 heteroatoms. The molecule has 0 amide bonds. The third-order valence-corrected chi connectivity index (χ3v) is 1.97. The summed E-state index contributed by atoms with van der Waals surface area (Å²) < 4.78 is 2.00. The summed E-state index contributed by atoms with van der Waals surface area (Å²) in [6.07, 6.45) is 3.05. The highest BCUT2D eigenvalue weighted by Crippen LogP contribution is 2.12. The van der Waals surface area contributed by atoms with Crippen LogP contribution in [0.1, 0.15) is 26.0 Å². The summed E-state index contributed by atoms with van der Waals surface area (Å²) in [5, 5.41) is 7.58. The van der Waals surface area contributed by atoms with Gasteiger partial charge < -0.3 is 5.32 Å². The molecule has 0 saturated heterocycles. The molecule has 68 valence electrons. The minimum atomic E-state index is 0.944. The second-order valence-electron chi connectivity index (χ2n) is 2.89. The zero-order valence-electron chi connectivity index (χ0n) is 8.09. The summed E-state index contributed by atoms with van der Waals surface area (Å²) >= 11 is 0. The van der Waals surface area contributed by atoms with Gasteiger partial charge in [-0.05, 0) is 20.3 Å². The van der Waals surface area contributed by atoms with Gasteiger partial charge in [0.15, 0.2) is 0 Å². The molecule has 1 aromatic rings. The first-order valence-electron chi connectivity index (χ1n) is 4.55. The minimum absolute atomic E-state index is 0.944. The Morgan fingerprint density at radius 1 is 1.50 bits per heavy atom. The van der Waals surface area contributed by atoms with Crippen LogP contribution < -0.4 is 5.32 Å². The Kier molecular flexibility index (Phi) is 3.14. The zero-order chi connectivity index (χ0) is 8.97. The molecule has 0 aliphatic rings. The van der Waals surface area contributed by atoms with Crippen molar-refractivity contribution in [2.75, 3.05) is 11.9 Å². The highest BCUT2D eigenvalue weighted by molar-refractivity contribution is 5.45. The molecule has 0 aromatic carbocycles. The first-order valence-corrected chi connectivity index (χ1v) is 4.55. The number of anilines is 1. The van der Waals surface area contributed by atoms with E-state index in [1.807, 2.05) is 10.9 Å². The Balaban J connectivity index is 2.66. The summed E-state index contributed by atoms with van der Waals surface area (Å²) in [5.74, 6) is 0. The number of nitrogens with one attached hydrogen (secondary N) is 1. The van der Waals surface area contributed by atoms with Crippen molar-refractivity contribution in [1.29, 1.82) is 0 Å². The lowest BCUT2D eigenvalue weighted by Crippen LogP contribution is -2.02. The van der Waals surface area contributed by atoms with Crippen LogP contribution in [0.25, 0.3) is 0 Å². The summed E-state index contributed by atoms with van der Waals surface area (Å²) in [7, 11) is 0. The van der Waals surface area contributed by atoms with Gasteiger partial charge in [-0.25, -0.2) is 0 Å². The average Bonchev–Trinajstić information content (AvgIpc) is 2.43. The Labute approximate surface area is 73.8 Å². The summed E-state index contributed by atoms with van der Waals surface area (Å²) in [5.41, 5.74) is 2.39. The van der Waals surface area contributed by atoms with Crippen LogP contribution >= 0.6 is 0 Å². The Morgan fingerprint density at radius 3 is 2.75 bits per heavy atom. The van der Waals surface area contributed by atoms with E-state index < -0.39 is 0 Å². The fraction of sp³-hybridized carbons (Fsp3) is 0.667. The Morgan fingerprint density at radius 2 is 2.25 bits per heavy atom. The van der Waals surface area contributed by atoms with Crippen molar-refractivity contribution in [2.45, 2.75) is 33.7 Å². The molecule has 0 aliphatic carbocycles. The van der Waals surface area contributed by atoms with Gasteiger partial charge in [-0.2, -0.15) is 5.10 Å². The van der Waals surface area contributed by atoms with Gasteiger partial charge >= 0.3 is 0 Å². The van der Waals surface area contributed by atoms with E-state index in [-0.39, 0.29) is 0 Å². The molecule has 0 bridgehead atoms. The van der Waals surface area contributed by atoms with Gasteiger partial charge in [-0.3, -0.25) is 4.68 Å². The van der Waals surface area contributed by atoms with Crippen molar-refractivity contribution >= 4 is 5.69 Å². The second-order valence-corrected chi connectivity index (χ2v) is 2.89. The van der Waals surface area contributed by atoms with E-state index >= 15 is 0 Å². The number of hydrogen-bond acceptors (Lipinski definition) is 2. The van der Waals surface area contributed by atoms with Crippen molar-refractivity contribution in [2.24, 2.45) is 0 Å². The van der Waals surface area contributed by atoms with Crippen LogP contribution in [0.3, 0.4) is 0 Å². The monoisotopic (exact) mass is 167 g/mol. The Hall–Kier alpha value is -0.990. The van der Waals surface area contributed by atoms with Crippen LogP contribution in [0.15, 0.2) is 6.20 Å². The van der Waals surface area contributed by atoms with E-state index in [2.05, 4.69) is 31.2 Å². The molecule has 3 nitrogen and oxygen atoms in total. The molecular weight excluding hydrogens is 150 g/mol. The average molecular weight is 167 g/mol. The van der Waals surface area contributed by atoms with Crippen LogP contribution in [0.2, 0.25) is 0 Å². The maximum absolute atomic E-state index is 4.24. The molecule has 0 fully saturated rings. The van der Waals surface area contributed by atoms with Crippen molar-refractivity contribution in [1.82, 2.24) is 9.78 Å². The van der Waals surface area contributed by atoms with E-state index in [0.717, 1.165) is 19.5 Å². The van der Waals surface area contributed by atoms with Crippen LogP contribution in [0.4, 0.5) is 5.69 Å². The van der Waals surface area contributed by atoms with E-state index in [0.29, 0.717) is 0 Å². The van der Waals surface area contributed by atoms with Crippen molar-refractivity contribution in [3.8, 4) is 0 Å². The predicted octanol–water partition coefficient (Wildman–Crippen LogP) is 2.03.